The number of thiazole rings is 1. The van der Waals surface area contributed by atoms with E-state index in [1.165, 1.54) is 0 Å². The number of hydrogen-bond donors (Lipinski definition) is 1. The van der Waals surface area contributed by atoms with Gasteiger partial charge in [-0.05, 0) is 12.3 Å². The molecule has 0 amide bonds. The lowest BCUT2D eigenvalue weighted by atomic mass is 10.1. The van der Waals surface area contributed by atoms with Crippen LogP contribution in [0.25, 0.3) is 4.96 Å². The van der Waals surface area contributed by atoms with Gasteiger partial charge in [0.05, 0.1) is 12.3 Å². The second-order valence-electron chi connectivity index (χ2n) is 4.80. The monoisotopic (exact) mass is 267 g/mol. The van der Waals surface area contributed by atoms with Gasteiger partial charge in [-0.1, -0.05) is 13.8 Å². The zero-order valence-corrected chi connectivity index (χ0v) is 11.9. The Kier molecular flexibility index (Phi) is 5.16. The van der Waals surface area contributed by atoms with Crippen LogP contribution in [0, 0.1) is 5.92 Å². The molecule has 1 N–H and O–H groups in total. The predicted molar refractivity (Wildman–Crippen MR) is 75.0 cm³/mol. The lowest BCUT2D eigenvalue weighted by Gasteiger charge is -2.06. The molecular weight excluding hydrogens is 246 g/mol. The molecule has 0 saturated heterocycles. The van der Waals surface area contributed by atoms with Crippen LogP contribution in [0.1, 0.15) is 26.0 Å². The van der Waals surface area contributed by atoms with Gasteiger partial charge in [-0.3, -0.25) is 4.40 Å². The van der Waals surface area contributed by atoms with Crippen LogP contribution in [0.3, 0.4) is 0 Å². The Bertz CT molecular complexity index is 435. The number of nitrogens with zero attached hydrogens (tertiary/aromatic N) is 2. The minimum absolute atomic E-state index is 0.719. The molecule has 2 rings (SSSR count). The lowest BCUT2D eigenvalue weighted by Crippen LogP contribution is -2.19. The third-order valence-corrected chi connectivity index (χ3v) is 3.48. The van der Waals surface area contributed by atoms with E-state index in [9.17, 15) is 0 Å². The molecule has 18 heavy (non-hydrogen) atoms. The van der Waals surface area contributed by atoms with Crippen molar-refractivity contribution in [3.05, 3.63) is 23.5 Å². The second-order valence-corrected chi connectivity index (χ2v) is 5.67. The highest BCUT2D eigenvalue weighted by Crippen LogP contribution is 2.10. The zero-order chi connectivity index (χ0) is 12.8. The van der Waals surface area contributed by atoms with Crippen molar-refractivity contribution >= 4 is 16.3 Å². The van der Waals surface area contributed by atoms with E-state index >= 15 is 0 Å². The highest BCUT2D eigenvalue weighted by atomic mass is 32.1. The van der Waals surface area contributed by atoms with Crippen molar-refractivity contribution in [3.63, 3.8) is 0 Å². The van der Waals surface area contributed by atoms with Gasteiger partial charge in [0.25, 0.3) is 0 Å². The van der Waals surface area contributed by atoms with Crippen molar-refractivity contribution in [3.8, 4) is 0 Å². The first-order valence-electron chi connectivity index (χ1n) is 6.45. The maximum absolute atomic E-state index is 5.54. The molecule has 0 bridgehead atoms. The maximum Gasteiger partial charge on any atom is 0.193 e. The SMILES string of the molecule is CC(C)CCOCCNCc1cn2ccsc2n1. The molecule has 0 fully saturated rings. The smallest absolute Gasteiger partial charge is 0.193 e. The Morgan fingerprint density at radius 3 is 3.11 bits per heavy atom. The van der Waals surface area contributed by atoms with E-state index in [4.69, 9.17) is 4.74 Å². The molecule has 100 valence electrons. The molecule has 2 heterocycles. The summed E-state index contributed by atoms with van der Waals surface area (Å²) in [6, 6.07) is 0. The summed E-state index contributed by atoms with van der Waals surface area (Å²) in [5.74, 6) is 0.719. The molecule has 2 aromatic rings. The fourth-order valence-electron chi connectivity index (χ4n) is 1.64. The van der Waals surface area contributed by atoms with Crippen LogP contribution < -0.4 is 5.32 Å². The molecule has 0 spiro atoms. The Labute approximate surface area is 112 Å². The number of rotatable bonds is 8. The zero-order valence-electron chi connectivity index (χ0n) is 11.1. The third kappa shape index (κ3) is 4.08. The van der Waals surface area contributed by atoms with Crippen LogP contribution in [0.4, 0.5) is 0 Å². The summed E-state index contributed by atoms with van der Waals surface area (Å²) in [6.45, 7) is 7.75. The summed E-state index contributed by atoms with van der Waals surface area (Å²) in [5.41, 5.74) is 1.09. The molecule has 4 nitrogen and oxygen atoms in total. The second kappa shape index (κ2) is 6.87. The van der Waals surface area contributed by atoms with E-state index in [2.05, 4.69) is 34.7 Å². The average Bonchev–Trinajstić information content (AvgIpc) is 2.87. The molecule has 0 radical (unpaired) electrons. The van der Waals surface area contributed by atoms with Crippen molar-refractivity contribution in [1.82, 2.24) is 14.7 Å². The van der Waals surface area contributed by atoms with Crippen LogP contribution in [0.15, 0.2) is 17.8 Å². The van der Waals surface area contributed by atoms with Gasteiger partial charge in [0.1, 0.15) is 0 Å². The maximum atomic E-state index is 5.54. The highest BCUT2D eigenvalue weighted by Gasteiger charge is 2.01. The molecule has 0 unspecified atom stereocenters. The Hall–Kier alpha value is -0.910. The lowest BCUT2D eigenvalue weighted by molar-refractivity contribution is 0.125. The van der Waals surface area contributed by atoms with E-state index in [0.29, 0.717) is 0 Å². The Balaban J connectivity index is 1.57. The quantitative estimate of drug-likeness (QED) is 0.747. The van der Waals surface area contributed by atoms with Gasteiger partial charge in [-0.25, -0.2) is 4.98 Å². The van der Waals surface area contributed by atoms with Crippen molar-refractivity contribution in [2.24, 2.45) is 5.92 Å². The highest BCUT2D eigenvalue weighted by molar-refractivity contribution is 7.15. The minimum Gasteiger partial charge on any atom is -0.380 e. The molecule has 5 heteroatoms. The first-order chi connectivity index (χ1) is 8.75. The van der Waals surface area contributed by atoms with Crippen molar-refractivity contribution in [2.75, 3.05) is 19.8 Å². The largest absolute Gasteiger partial charge is 0.380 e. The number of imidazole rings is 1. The van der Waals surface area contributed by atoms with Crippen molar-refractivity contribution in [1.29, 1.82) is 0 Å². The molecule has 2 aromatic heterocycles. The van der Waals surface area contributed by atoms with Gasteiger partial charge in [0, 0.05) is 37.5 Å². The van der Waals surface area contributed by atoms with E-state index in [0.717, 1.165) is 49.3 Å². The molecule has 0 aliphatic carbocycles. The summed E-state index contributed by atoms with van der Waals surface area (Å²) in [6.07, 6.45) is 5.24. The third-order valence-electron chi connectivity index (χ3n) is 2.71. The van der Waals surface area contributed by atoms with Gasteiger partial charge < -0.3 is 10.1 Å². The standard InChI is InChI=1S/C13H21N3OS/c1-11(2)3-6-17-7-4-14-9-12-10-16-5-8-18-13(16)15-12/h5,8,10-11,14H,3-4,6-7,9H2,1-2H3. The van der Waals surface area contributed by atoms with Crippen molar-refractivity contribution < 1.29 is 4.74 Å². The molecule has 0 atom stereocenters. The Morgan fingerprint density at radius 1 is 1.44 bits per heavy atom. The van der Waals surface area contributed by atoms with Crippen LogP contribution in [-0.2, 0) is 11.3 Å². The van der Waals surface area contributed by atoms with Gasteiger partial charge >= 0.3 is 0 Å². The molecule has 0 aliphatic rings. The number of aromatic nitrogens is 2. The topological polar surface area (TPSA) is 38.6 Å². The minimum atomic E-state index is 0.719. The summed E-state index contributed by atoms with van der Waals surface area (Å²) < 4.78 is 7.60. The number of ether oxygens (including phenoxy) is 1. The van der Waals surface area contributed by atoms with Crippen LogP contribution in [0.2, 0.25) is 0 Å². The molecule has 0 aliphatic heterocycles. The van der Waals surface area contributed by atoms with Gasteiger partial charge in [0.2, 0.25) is 0 Å². The fraction of sp³-hybridized carbons (Fsp3) is 0.615. The normalized spacial score (nSPS) is 11.7. The van der Waals surface area contributed by atoms with Crippen LogP contribution in [0.5, 0.6) is 0 Å². The number of hydrogen-bond acceptors (Lipinski definition) is 4. The summed E-state index contributed by atoms with van der Waals surface area (Å²) in [7, 11) is 0. The van der Waals surface area contributed by atoms with Gasteiger partial charge in [0.15, 0.2) is 4.96 Å². The number of fused-ring (bicyclic) bond motifs is 1. The van der Waals surface area contributed by atoms with Crippen LogP contribution in [-0.4, -0.2) is 29.1 Å². The molecule has 0 aromatic carbocycles. The Morgan fingerprint density at radius 2 is 2.33 bits per heavy atom. The number of nitrogens with one attached hydrogen (secondary N) is 1. The summed E-state index contributed by atoms with van der Waals surface area (Å²) in [4.78, 5) is 5.56. The average molecular weight is 267 g/mol. The van der Waals surface area contributed by atoms with E-state index < -0.39 is 0 Å². The van der Waals surface area contributed by atoms with Gasteiger partial charge in [-0.2, -0.15) is 0 Å². The van der Waals surface area contributed by atoms with Gasteiger partial charge in [-0.15, -0.1) is 11.3 Å². The predicted octanol–water partition coefficient (Wildman–Crippen LogP) is 2.55. The summed E-state index contributed by atoms with van der Waals surface area (Å²) >= 11 is 1.66. The first kappa shape index (κ1) is 13.5. The molecular formula is C13H21N3OS. The van der Waals surface area contributed by atoms with Crippen LogP contribution >= 0.6 is 11.3 Å². The van der Waals surface area contributed by atoms with Crippen molar-refractivity contribution in [2.45, 2.75) is 26.8 Å². The summed E-state index contributed by atoms with van der Waals surface area (Å²) in [5, 5.41) is 5.39. The van der Waals surface area contributed by atoms with E-state index in [1.54, 1.807) is 11.3 Å². The van der Waals surface area contributed by atoms with E-state index in [1.807, 2.05) is 11.6 Å². The fourth-order valence-corrected chi connectivity index (χ4v) is 2.36. The van der Waals surface area contributed by atoms with E-state index in [-0.39, 0.29) is 0 Å². The molecule has 0 saturated carbocycles. The first-order valence-corrected chi connectivity index (χ1v) is 7.33.